The lowest BCUT2D eigenvalue weighted by Gasteiger charge is -2.22. The largest absolute Gasteiger partial charge is 0.481 e. The van der Waals surface area contributed by atoms with E-state index in [0.29, 0.717) is 6.42 Å². The number of hydrogen-bond acceptors (Lipinski definition) is 2. The van der Waals surface area contributed by atoms with Crippen molar-refractivity contribution in [2.75, 3.05) is 6.54 Å². The summed E-state index contributed by atoms with van der Waals surface area (Å²) in [5.74, 6) is -2.26. The average molecular weight is 329 g/mol. The molecule has 0 aliphatic carbocycles. The molecule has 0 bridgehead atoms. The first-order valence-electron chi connectivity index (χ1n) is 7.32. The maximum atomic E-state index is 13.0. The molecular weight excluding hydrogens is 311 g/mol. The van der Waals surface area contributed by atoms with Crippen LogP contribution in [0.3, 0.4) is 0 Å². The van der Waals surface area contributed by atoms with Gasteiger partial charge in [-0.1, -0.05) is 19.9 Å². The summed E-state index contributed by atoms with van der Waals surface area (Å²) >= 11 is 0. The van der Waals surface area contributed by atoms with Crippen molar-refractivity contribution in [2.24, 2.45) is 11.8 Å². The molecule has 1 aliphatic heterocycles. The summed E-state index contributed by atoms with van der Waals surface area (Å²) in [5.41, 5.74) is -0.895. The van der Waals surface area contributed by atoms with Gasteiger partial charge in [0.05, 0.1) is 11.5 Å². The normalized spacial score (nSPS) is 15.9. The Labute approximate surface area is 131 Å². The monoisotopic (exact) mass is 329 g/mol. The van der Waals surface area contributed by atoms with Crippen molar-refractivity contribution >= 4 is 11.9 Å². The zero-order chi connectivity index (χ0) is 17.4. The van der Waals surface area contributed by atoms with Gasteiger partial charge in [0.1, 0.15) is 0 Å². The standard InChI is InChI=1S/C16H18F3NO3/c1-9(2)6-10(15(22)23)7-20-8-12-11(14(20)21)4-3-5-13(12)16(17,18)19/h3-5,9-10H,6-8H2,1-2H3,(H,22,23)/t10-/m0/s1. The number of fused-ring (bicyclic) bond motifs is 1. The Kier molecular flexibility index (Phi) is 4.68. The molecule has 0 aromatic heterocycles. The van der Waals surface area contributed by atoms with Gasteiger partial charge in [-0.25, -0.2) is 0 Å². The van der Waals surface area contributed by atoms with Crippen LogP contribution >= 0.6 is 0 Å². The second kappa shape index (κ2) is 6.22. The third kappa shape index (κ3) is 3.65. The van der Waals surface area contributed by atoms with Crippen LogP contribution in [0.25, 0.3) is 0 Å². The first-order chi connectivity index (χ1) is 10.6. The molecule has 2 rings (SSSR count). The second-order valence-electron chi connectivity index (χ2n) is 6.18. The highest BCUT2D eigenvalue weighted by Crippen LogP contribution is 2.37. The third-order valence-corrected chi connectivity index (χ3v) is 3.89. The van der Waals surface area contributed by atoms with E-state index in [9.17, 15) is 27.9 Å². The second-order valence-corrected chi connectivity index (χ2v) is 6.18. The minimum Gasteiger partial charge on any atom is -0.481 e. The highest BCUT2D eigenvalue weighted by molar-refractivity contribution is 5.99. The van der Waals surface area contributed by atoms with Crippen LogP contribution in [0.2, 0.25) is 0 Å². The van der Waals surface area contributed by atoms with Crippen molar-refractivity contribution in [2.45, 2.75) is 33.0 Å². The molecule has 0 fully saturated rings. The maximum absolute atomic E-state index is 13.0. The van der Waals surface area contributed by atoms with Crippen molar-refractivity contribution in [3.05, 3.63) is 34.9 Å². The van der Waals surface area contributed by atoms with Crippen molar-refractivity contribution in [1.29, 1.82) is 0 Å². The summed E-state index contributed by atoms with van der Waals surface area (Å²) < 4.78 is 39.1. The number of carboxylic acids is 1. The highest BCUT2D eigenvalue weighted by Gasteiger charge is 2.40. The SMILES string of the molecule is CC(C)C[C@@H](CN1Cc2c(cccc2C(F)(F)F)C1=O)C(=O)O. The Morgan fingerprint density at radius 1 is 1.35 bits per heavy atom. The molecule has 0 unspecified atom stereocenters. The van der Waals surface area contributed by atoms with Crippen LogP contribution < -0.4 is 0 Å². The number of benzene rings is 1. The zero-order valence-electron chi connectivity index (χ0n) is 12.9. The summed E-state index contributed by atoms with van der Waals surface area (Å²) in [6.45, 7) is 3.43. The van der Waals surface area contributed by atoms with Crippen molar-refractivity contribution in [1.82, 2.24) is 4.90 Å². The van der Waals surface area contributed by atoms with E-state index in [1.165, 1.54) is 17.0 Å². The minimum atomic E-state index is -4.54. The molecule has 7 heteroatoms. The van der Waals surface area contributed by atoms with Crippen molar-refractivity contribution in [3.8, 4) is 0 Å². The van der Waals surface area contributed by atoms with Gasteiger partial charge in [0.15, 0.2) is 0 Å². The van der Waals surface area contributed by atoms with E-state index in [2.05, 4.69) is 0 Å². The number of alkyl halides is 3. The number of carbonyl (C=O) groups is 2. The van der Waals surface area contributed by atoms with E-state index in [1.807, 2.05) is 13.8 Å². The van der Waals surface area contributed by atoms with Crippen LogP contribution in [0.4, 0.5) is 13.2 Å². The lowest BCUT2D eigenvalue weighted by molar-refractivity contribution is -0.143. The average Bonchev–Trinajstić information content (AvgIpc) is 2.73. The van der Waals surface area contributed by atoms with Crippen LogP contribution in [0.1, 0.15) is 41.8 Å². The van der Waals surface area contributed by atoms with Crippen LogP contribution in [0.15, 0.2) is 18.2 Å². The van der Waals surface area contributed by atoms with Crippen LogP contribution in [0.5, 0.6) is 0 Å². The molecule has 0 radical (unpaired) electrons. The molecule has 1 amide bonds. The first-order valence-corrected chi connectivity index (χ1v) is 7.32. The van der Waals surface area contributed by atoms with Gasteiger partial charge >= 0.3 is 12.1 Å². The number of rotatable bonds is 5. The lowest BCUT2D eigenvalue weighted by Crippen LogP contribution is -2.34. The third-order valence-electron chi connectivity index (χ3n) is 3.89. The van der Waals surface area contributed by atoms with Gasteiger partial charge in [-0.3, -0.25) is 9.59 Å². The predicted molar refractivity (Wildman–Crippen MR) is 76.8 cm³/mol. The molecule has 1 heterocycles. The fourth-order valence-corrected chi connectivity index (χ4v) is 2.89. The van der Waals surface area contributed by atoms with E-state index in [-0.39, 0.29) is 30.1 Å². The quantitative estimate of drug-likeness (QED) is 0.901. The number of nitrogens with zero attached hydrogens (tertiary/aromatic N) is 1. The van der Waals surface area contributed by atoms with Gasteiger partial charge in [0.2, 0.25) is 0 Å². The fourth-order valence-electron chi connectivity index (χ4n) is 2.89. The Morgan fingerprint density at radius 2 is 2.00 bits per heavy atom. The van der Waals surface area contributed by atoms with Gasteiger partial charge < -0.3 is 10.0 Å². The molecular formula is C16H18F3NO3. The van der Waals surface area contributed by atoms with Crippen LogP contribution in [0, 0.1) is 11.8 Å². The summed E-state index contributed by atoms with van der Waals surface area (Å²) in [4.78, 5) is 24.8. The minimum absolute atomic E-state index is 0.00788. The summed E-state index contributed by atoms with van der Waals surface area (Å²) in [6, 6.07) is 3.50. The zero-order valence-corrected chi connectivity index (χ0v) is 12.9. The molecule has 0 saturated carbocycles. The molecule has 1 aromatic rings. The molecule has 4 nitrogen and oxygen atoms in total. The van der Waals surface area contributed by atoms with Gasteiger partial charge in [0.25, 0.3) is 5.91 Å². The molecule has 23 heavy (non-hydrogen) atoms. The summed E-state index contributed by atoms with van der Waals surface area (Å²) in [5, 5.41) is 9.25. The Bertz CT molecular complexity index is 625. The van der Waals surface area contributed by atoms with E-state index in [1.54, 1.807) is 0 Å². The topological polar surface area (TPSA) is 57.6 Å². The molecule has 0 spiro atoms. The van der Waals surface area contributed by atoms with E-state index in [4.69, 9.17) is 0 Å². The van der Waals surface area contributed by atoms with Crippen molar-refractivity contribution in [3.63, 3.8) is 0 Å². The van der Waals surface area contributed by atoms with Gasteiger partial charge in [-0.15, -0.1) is 0 Å². The van der Waals surface area contributed by atoms with Crippen LogP contribution in [-0.4, -0.2) is 28.4 Å². The number of aliphatic carboxylic acids is 1. The van der Waals surface area contributed by atoms with E-state index >= 15 is 0 Å². The van der Waals surface area contributed by atoms with E-state index in [0.717, 1.165) is 6.07 Å². The summed E-state index contributed by atoms with van der Waals surface area (Å²) in [7, 11) is 0. The first kappa shape index (κ1) is 17.3. The molecule has 1 atom stereocenters. The van der Waals surface area contributed by atoms with E-state index < -0.39 is 29.5 Å². The number of halogens is 3. The van der Waals surface area contributed by atoms with Crippen LogP contribution in [-0.2, 0) is 17.5 Å². The van der Waals surface area contributed by atoms with Gasteiger partial charge in [-0.05, 0) is 30.0 Å². The predicted octanol–water partition coefficient (Wildman–Crippen LogP) is 3.41. The van der Waals surface area contributed by atoms with Gasteiger partial charge in [0, 0.05) is 18.7 Å². The molecule has 126 valence electrons. The number of carbonyl (C=O) groups excluding carboxylic acids is 1. The fraction of sp³-hybridized carbons (Fsp3) is 0.500. The number of amides is 1. The Morgan fingerprint density at radius 3 is 2.52 bits per heavy atom. The maximum Gasteiger partial charge on any atom is 0.416 e. The smallest absolute Gasteiger partial charge is 0.416 e. The van der Waals surface area contributed by atoms with Gasteiger partial charge in [-0.2, -0.15) is 13.2 Å². The Hall–Kier alpha value is -2.05. The molecule has 1 N–H and O–H groups in total. The molecule has 1 aliphatic rings. The summed E-state index contributed by atoms with van der Waals surface area (Å²) in [6.07, 6.45) is -4.17. The molecule has 0 saturated heterocycles. The van der Waals surface area contributed by atoms with Crippen molar-refractivity contribution < 1.29 is 27.9 Å². The number of hydrogen-bond donors (Lipinski definition) is 1. The lowest BCUT2D eigenvalue weighted by atomic mass is 9.97. The highest BCUT2D eigenvalue weighted by atomic mass is 19.4. The Balaban J connectivity index is 2.25. The molecule has 1 aromatic carbocycles. The number of carboxylic acid groups (broad SMARTS) is 1.